The Morgan fingerprint density at radius 2 is 1.52 bits per heavy atom. The molecule has 0 radical (unpaired) electrons. The summed E-state index contributed by atoms with van der Waals surface area (Å²) in [5.41, 5.74) is 5.62. The molecular weight excluding hydrogens is 570 g/mol. The van der Waals surface area contributed by atoms with Gasteiger partial charge in [0.25, 0.3) is 0 Å². The summed E-state index contributed by atoms with van der Waals surface area (Å²) in [5, 5.41) is 18.6. The molecule has 42 heavy (non-hydrogen) atoms. The quantitative estimate of drug-likeness (QED) is 0.181. The van der Waals surface area contributed by atoms with Gasteiger partial charge < -0.3 is 19.7 Å². The molecule has 0 unspecified atom stereocenters. The molecule has 5 rings (SSSR count). The maximum Gasteiger partial charge on any atom is 0.240 e. The molecule has 0 aliphatic carbocycles. The first-order valence-corrected chi connectivity index (χ1v) is 16.5. The van der Waals surface area contributed by atoms with Gasteiger partial charge >= 0.3 is 0 Å². The van der Waals surface area contributed by atoms with Gasteiger partial charge in [0.2, 0.25) is 10.0 Å². The molecule has 7 nitrogen and oxygen atoms in total. The van der Waals surface area contributed by atoms with E-state index in [4.69, 9.17) is 9.47 Å². The fourth-order valence-electron chi connectivity index (χ4n) is 4.86. The van der Waals surface area contributed by atoms with E-state index in [0.717, 1.165) is 39.1 Å². The largest absolute Gasteiger partial charge is 0.396 e. The molecule has 1 aliphatic rings. The number of ether oxygens (including phenoxy) is 2. The summed E-state index contributed by atoms with van der Waals surface area (Å²) in [5.74, 6) is 1.41. The lowest BCUT2D eigenvalue weighted by molar-refractivity contribution is -0.245. The molecule has 0 aromatic heterocycles. The zero-order valence-corrected chi connectivity index (χ0v) is 24.8. The first kappa shape index (κ1) is 30.4. The molecule has 4 aromatic carbocycles. The molecule has 0 saturated carbocycles. The van der Waals surface area contributed by atoms with E-state index >= 15 is 0 Å². The number of hydrogen-bond donors (Lipinski definition) is 3. The van der Waals surface area contributed by atoms with Crippen LogP contribution in [-0.4, -0.2) is 42.8 Å². The molecule has 3 N–H and O–H groups in total. The van der Waals surface area contributed by atoms with Gasteiger partial charge in [0.05, 0.1) is 30.3 Å². The molecule has 4 aromatic rings. The average Bonchev–Trinajstić information content (AvgIpc) is 3.04. The summed E-state index contributed by atoms with van der Waals surface area (Å²) >= 11 is 1.66. The minimum absolute atomic E-state index is 0.00345. The standard InChI is InChI=1S/C33H35NO6S2/c35-17-18-41-23-30-20-32(27-11-9-24(22-36)10-12-27)40-33(39-30)28-15-13-26(14-16-28)29-6-4-5-25(19-29)21-34-42(37,38)31-7-2-1-3-8-31/h1-16,19,30,32-36H,17-18,20-23H2/t30-,32+,33+/m1/s1. The van der Waals surface area contributed by atoms with Gasteiger partial charge in [-0.15, -0.1) is 0 Å². The lowest BCUT2D eigenvalue weighted by atomic mass is 9.99. The van der Waals surface area contributed by atoms with E-state index in [1.54, 1.807) is 42.1 Å². The van der Waals surface area contributed by atoms with E-state index < -0.39 is 16.3 Å². The van der Waals surface area contributed by atoms with Gasteiger partial charge in [-0.05, 0) is 46.0 Å². The van der Waals surface area contributed by atoms with Crippen LogP contribution in [-0.2, 0) is 32.6 Å². The number of hydrogen-bond acceptors (Lipinski definition) is 7. The van der Waals surface area contributed by atoms with Gasteiger partial charge in [-0.3, -0.25) is 0 Å². The van der Waals surface area contributed by atoms with Crippen LogP contribution in [0.1, 0.15) is 41.1 Å². The molecule has 9 heteroatoms. The van der Waals surface area contributed by atoms with E-state index in [1.165, 1.54) is 0 Å². The van der Waals surface area contributed by atoms with Crippen molar-refractivity contribution in [3.8, 4) is 11.1 Å². The van der Waals surface area contributed by atoms with Gasteiger partial charge in [0.15, 0.2) is 6.29 Å². The first-order chi connectivity index (χ1) is 20.4. The van der Waals surface area contributed by atoms with Crippen LogP contribution < -0.4 is 4.72 Å². The van der Waals surface area contributed by atoms with Crippen LogP contribution in [0.25, 0.3) is 11.1 Å². The maximum absolute atomic E-state index is 12.6. The van der Waals surface area contributed by atoms with Crippen molar-refractivity contribution < 1.29 is 28.1 Å². The Morgan fingerprint density at radius 3 is 2.24 bits per heavy atom. The Bertz CT molecular complexity index is 1530. The second kappa shape index (κ2) is 14.4. The summed E-state index contributed by atoms with van der Waals surface area (Å²) in [7, 11) is -3.60. The molecule has 220 valence electrons. The maximum atomic E-state index is 12.6. The SMILES string of the molecule is O=S(=O)(NCc1cccc(-c2ccc([C@H]3O[C@@H](CSCCO)C[C@@H](c4ccc(CO)cc4)O3)cc2)c1)c1ccccc1. The predicted octanol–water partition coefficient (Wildman–Crippen LogP) is 5.60. The highest BCUT2D eigenvalue weighted by Gasteiger charge is 2.32. The van der Waals surface area contributed by atoms with Crippen LogP contribution in [0.2, 0.25) is 0 Å². The number of thioether (sulfide) groups is 1. The highest BCUT2D eigenvalue weighted by Crippen LogP contribution is 2.39. The minimum Gasteiger partial charge on any atom is -0.396 e. The van der Waals surface area contributed by atoms with Crippen molar-refractivity contribution in [2.75, 3.05) is 18.1 Å². The van der Waals surface area contributed by atoms with Crippen LogP contribution in [0.15, 0.2) is 108 Å². The Balaban J connectivity index is 1.29. The third-order valence-corrected chi connectivity index (χ3v) is 9.61. The van der Waals surface area contributed by atoms with Crippen LogP contribution in [0.3, 0.4) is 0 Å². The van der Waals surface area contributed by atoms with Crippen molar-refractivity contribution in [2.45, 2.75) is 43.0 Å². The lowest BCUT2D eigenvalue weighted by Crippen LogP contribution is -2.31. The molecule has 3 atom stereocenters. The van der Waals surface area contributed by atoms with Gasteiger partial charge in [0, 0.05) is 30.0 Å². The third-order valence-electron chi connectivity index (χ3n) is 7.12. The van der Waals surface area contributed by atoms with E-state index in [-0.39, 0.29) is 36.9 Å². The molecule has 1 fully saturated rings. The normalized spacial score (nSPS) is 19.0. The average molecular weight is 606 g/mol. The smallest absolute Gasteiger partial charge is 0.240 e. The summed E-state index contributed by atoms with van der Waals surface area (Å²) in [6.07, 6.45) is -0.0494. The fraction of sp³-hybridized carbons (Fsp3) is 0.273. The Kier molecular flexibility index (Phi) is 10.5. The van der Waals surface area contributed by atoms with E-state index in [2.05, 4.69) is 4.72 Å². The molecule has 0 bridgehead atoms. The summed E-state index contributed by atoms with van der Waals surface area (Å²) < 4.78 is 40.7. The van der Waals surface area contributed by atoms with Crippen LogP contribution in [0.4, 0.5) is 0 Å². The summed E-state index contributed by atoms with van der Waals surface area (Å²) in [6.45, 7) is 0.310. The lowest BCUT2D eigenvalue weighted by Gasteiger charge is -2.36. The van der Waals surface area contributed by atoms with Crippen molar-refractivity contribution >= 4 is 21.8 Å². The molecule has 1 heterocycles. The third kappa shape index (κ3) is 7.87. The number of aliphatic hydroxyl groups excluding tert-OH is 2. The zero-order chi connectivity index (χ0) is 29.4. The fourth-order valence-corrected chi connectivity index (χ4v) is 6.67. The minimum atomic E-state index is -3.60. The molecular formula is C33H35NO6S2. The number of rotatable bonds is 12. The van der Waals surface area contributed by atoms with Crippen molar-refractivity contribution in [2.24, 2.45) is 0 Å². The van der Waals surface area contributed by atoms with Gasteiger partial charge in [-0.1, -0.05) is 84.9 Å². The van der Waals surface area contributed by atoms with Crippen LogP contribution in [0, 0.1) is 0 Å². The zero-order valence-electron chi connectivity index (χ0n) is 23.1. The topological polar surface area (TPSA) is 105 Å². The van der Waals surface area contributed by atoms with Gasteiger partial charge in [0.1, 0.15) is 0 Å². The van der Waals surface area contributed by atoms with Crippen molar-refractivity contribution in [3.05, 3.63) is 125 Å². The predicted molar refractivity (Wildman–Crippen MR) is 165 cm³/mol. The van der Waals surface area contributed by atoms with Crippen molar-refractivity contribution in [1.29, 1.82) is 0 Å². The molecule has 0 spiro atoms. The highest BCUT2D eigenvalue weighted by molar-refractivity contribution is 7.99. The first-order valence-electron chi connectivity index (χ1n) is 13.9. The number of benzene rings is 4. The molecule has 1 saturated heterocycles. The Hall–Kier alpha value is -3.02. The van der Waals surface area contributed by atoms with E-state index in [0.29, 0.717) is 12.2 Å². The van der Waals surface area contributed by atoms with Crippen LogP contribution in [0.5, 0.6) is 0 Å². The summed E-state index contributed by atoms with van der Waals surface area (Å²) in [6, 6.07) is 32.0. The van der Waals surface area contributed by atoms with Gasteiger partial charge in [-0.2, -0.15) is 11.8 Å². The van der Waals surface area contributed by atoms with Gasteiger partial charge in [-0.25, -0.2) is 13.1 Å². The van der Waals surface area contributed by atoms with E-state index in [1.807, 2.05) is 72.8 Å². The second-order valence-electron chi connectivity index (χ2n) is 10.1. The highest BCUT2D eigenvalue weighted by atomic mass is 32.2. The molecule has 0 amide bonds. The number of aliphatic hydroxyl groups is 2. The Morgan fingerprint density at radius 1 is 0.786 bits per heavy atom. The Labute approximate surface area is 251 Å². The monoisotopic (exact) mass is 605 g/mol. The number of sulfonamides is 1. The number of nitrogens with one attached hydrogen (secondary N) is 1. The second-order valence-corrected chi connectivity index (χ2v) is 13.0. The van der Waals surface area contributed by atoms with E-state index in [9.17, 15) is 18.6 Å². The molecule has 1 aliphatic heterocycles. The van der Waals surface area contributed by atoms with Crippen LogP contribution >= 0.6 is 11.8 Å². The van der Waals surface area contributed by atoms with Crippen molar-refractivity contribution in [3.63, 3.8) is 0 Å². The van der Waals surface area contributed by atoms with Crippen molar-refractivity contribution in [1.82, 2.24) is 4.72 Å². The summed E-state index contributed by atoms with van der Waals surface area (Å²) in [4.78, 5) is 0.238.